The topological polar surface area (TPSA) is 81.9 Å². The number of benzene rings is 1. The van der Waals surface area contributed by atoms with Gasteiger partial charge in [0.25, 0.3) is 5.91 Å². The highest BCUT2D eigenvalue weighted by molar-refractivity contribution is 6.02. The van der Waals surface area contributed by atoms with Crippen LogP contribution < -0.4 is 16.0 Å². The van der Waals surface area contributed by atoms with E-state index < -0.39 is 0 Å². The zero-order chi connectivity index (χ0) is 21.2. The highest BCUT2D eigenvalue weighted by Gasteiger charge is 2.13. The standard InChI is InChI=1S/C22H33N5O2/c1-16(2)27(17(3)4)12-11-24-22(23-5)25-15-18-8-6-9-19(14-18)26-21(28)20-10-7-13-29-20/h6-10,13-14,16-17H,11-12,15H2,1-5H3,(H,26,28)(H2,23,24,25). The summed E-state index contributed by atoms with van der Waals surface area (Å²) in [5, 5.41) is 9.52. The molecule has 29 heavy (non-hydrogen) atoms. The van der Waals surface area contributed by atoms with Crippen LogP contribution in [0.1, 0.15) is 43.8 Å². The Morgan fingerprint density at radius 3 is 2.48 bits per heavy atom. The fourth-order valence-corrected chi connectivity index (χ4v) is 3.18. The third-order valence-electron chi connectivity index (χ3n) is 4.60. The lowest BCUT2D eigenvalue weighted by atomic mass is 10.2. The van der Waals surface area contributed by atoms with E-state index in [-0.39, 0.29) is 11.7 Å². The molecule has 2 rings (SSSR count). The normalized spacial score (nSPS) is 11.9. The fourth-order valence-electron chi connectivity index (χ4n) is 3.18. The molecule has 7 nitrogen and oxygen atoms in total. The number of carbonyl (C=O) groups excluding carboxylic acids is 1. The highest BCUT2D eigenvalue weighted by Crippen LogP contribution is 2.12. The Bertz CT molecular complexity index is 776. The fraction of sp³-hybridized carbons (Fsp3) is 0.455. The minimum atomic E-state index is -0.266. The summed E-state index contributed by atoms with van der Waals surface area (Å²) < 4.78 is 5.12. The van der Waals surface area contributed by atoms with Crippen molar-refractivity contribution in [3.63, 3.8) is 0 Å². The second kappa shape index (κ2) is 11.3. The van der Waals surface area contributed by atoms with Crippen molar-refractivity contribution in [2.45, 2.75) is 46.3 Å². The Hall–Kier alpha value is -2.80. The Morgan fingerprint density at radius 2 is 1.86 bits per heavy atom. The molecule has 0 atom stereocenters. The maximum Gasteiger partial charge on any atom is 0.291 e. The SMILES string of the molecule is CN=C(NCCN(C(C)C)C(C)C)NCc1cccc(NC(=O)c2ccco2)c1. The predicted octanol–water partition coefficient (Wildman–Crippen LogP) is 3.32. The first-order valence-electron chi connectivity index (χ1n) is 10.0. The smallest absolute Gasteiger partial charge is 0.291 e. The van der Waals surface area contributed by atoms with Gasteiger partial charge in [0.15, 0.2) is 11.7 Å². The molecular formula is C22H33N5O2. The number of nitrogens with zero attached hydrogens (tertiary/aromatic N) is 2. The summed E-state index contributed by atoms with van der Waals surface area (Å²) in [6.45, 7) is 11.2. The molecule has 0 unspecified atom stereocenters. The second-order valence-electron chi connectivity index (χ2n) is 7.41. The first-order valence-corrected chi connectivity index (χ1v) is 10.0. The van der Waals surface area contributed by atoms with Crippen LogP contribution >= 0.6 is 0 Å². The monoisotopic (exact) mass is 399 g/mol. The molecular weight excluding hydrogens is 366 g/mol. The van der Waals surface area contributed by atoms with Gasteiger partial charge in [-0.1, -0.05) is 12.1 Å². The summed E-state index contributed by atoms with van der Waals surface area (Å²) in [7, 11) is 1.76. The minimum Gasteiger partial charge on any atom is -0.459 e. The largest absolute Gasteiger partial charge is 0.459 e. The van der Waals surface area contributed by atoms with Gasteiger partial charge >= 0.3 is 0 Å². The van der Waals surface area contributed by atoms with Crippen molar-refractivity contribution >= 4 is 17.6 Å². The lowest BCUT2D eigenvalue weighted by Crippen LogP contribution is -2.45. The van der Waals surface area contributed by atoms with Crippen LogP contribution in [0.15, 0.2) is 52.1 Å². The van der Waals surface area contributed by atoms with E-state index in [1.54, 1.807) is 19.2 Å². The van der Waals surface area contributed by atoms with Gasteiger partial charge in [-0.05, 0) is 57.5 Å². The van der Waals surface area contributed by atoms with Crippen molar-refractivity contribution in [1.29, 1.82) is 0 Å². The van der Waals surface area contributed by atoms with E-state index in [9.17, 15) is 4.79 Å². The minimum absolute atomic E-state index is 0.266. The van der Waals surface area contributed by atoms with Crippen molar-refractivity contribution in [1.82, 2.24) is 15.5 Å². The molecule has 158 valence electrons. The van der Waals surface area contributed by atoms with Crippen molar-refractivity contribution in [2.24, 2.45) is 4.99 Å². The Kier molecular flexibility index (Phi) is 8.73. The molecule has 1 aromatic carbocycles. The molecule has 0 aliphatic carbocycles. The molecule has 2 aromatic rings. The van der Waals surface area contributed by atoms with Crippen molar-refractivity contribution in [3.05, 3.63) is 54.0 Å². The van der Waals surface area contributed by atoms with E-state index in [1.807, 2.05) is 24.3 Å². The number of hydrogen-bond donors (Lipinski definition) is 3. The molecule has 1 amide bonds. The zero-order valence-electron chi connectivity index (χ0n) is 18.0. The van der Waals surface area contributed by atoms with Crippen molar-refractivity contribution < 1.29 is 9.21 Å². The van der Waals surface area contributed by atoms with Gasteiger partial charge in [-0.2, -0.15) is 0 Å². The summed E-state index contributed by atoms with van der Waals surface area (Å²) in [5.41, 5.74) is 1.76. The van der Waals surface area contributed by atoms with Crippen LogP contribution in [0.2, 0.25) is 0 Å². The van der Waals surface area contributed by atoms with Gasteiger partial charge in [-0.25, -0.2) is 0 Å². The number of rotatable bonds is 9. The van der Waals surface area contributed by atoms with Crippen molar-refractivity contribution in [2.75, 3.05) is 25.5 Å². The van der Waals surface area contributed by atoms with Crippen LogP contribution in [-0.4, -0.2) is 49.0 Å². The van der Waals surface area contributed by atoms with Gasteiger partial charge in [-0.15, -0.1) is 0 Å². The van der Waals surface area contributed by atoms with E-state index in [1.165, 1.54) is 6.26 Å². The summed E-state index contributed by atoms with van der Waals surface area (Å²) in [6, 6.07) is 12.0. The van der Waals surface area contributed by atoms with Crippen LogP contribution in [0, 0.1) is 0 Å². The van der Waals surface area contributed by atoms with Crippen LogP contribution in [0.3, 0.4) is 0 Å². The van der Waals surface area contributed by atoms with Crippen LogP contribution in [0.25, 0.3) is 0 Å². The lowest BCUT2D eigenvalue weighted by Gasteiger charge is -2.30. The van der Waals surface area contributed by atoms with E-state index in [2.05, 4.69) is 53.5 Å². The summed E-state index contributed by atoms with van der Waals surface area (Å²) in [4.78, 5) is 18.8. The quantitative estimate of drug-likeness (QED) is 0.445. The van der Waals surface area contributed by atoms with Crippen molar-refractivity contribution in [3.8, 4) is 0 Å². The lowest BCUT2D eigenvalue weighted by molar-refractivity contribution is 0.0996. The van der Waals surface area contributed by atoms with E-state index in [0.717, 1.165) is 30.3 Å². The molecule has 3 N–H and O–H groups in total. The molecule has 0 aliphatic rings. The number of furan rings is 1. The molecule has 0 spiro atoms. The molecule has 0 fully saturated rings. The van der Waals surface area contributed by atoms with Gasteiger partial charge < -0.3 is 20.4 Å². The molecule has 7 heteroatoms. The van der Waals surface area contributed by atoms with E-state index in [4.69, 9.17) is 4.42 Å². The summed E-state index contributed by atoms with van der Waals surface area (Å²) in [6.07, 6.45) is 1.48. The molecule has 1 aromatic heterocycles. The van der Waals surface area contributed by atoms with Gasteiger partial charge in [0.05, 0.1) is 6.26 Å². The Morgan fingerprint density at radius 1 is 1.10 bits per heavy atom. The predicted molar refractivity (Wildman–Crippen MR) is 118 cm³/mol. The van der Waals surface area contributed by atoms with Gasteiger partial charge in [0, 0.05) is 44.5 Å². The van der Waals surface area contributed by atoms with Gasteiger partial charge in [0.1, 0.15) is 0 Å². The number of nitrogens with one attached hydrogen (secondary N) is 3. The Labute approximate surface area is 173 Å². The highest BCUT2D eigenvalue weighted by atomic mass is 16.3. The number of aliphatic imine (C=N–C) groups is 1. The average molecular weight is 400 g/mol. The number of guanidine groups is 1. The summed E-state index contributed by atoms with van der Waals surface area (Å²) >= 11 is 0. The molecule has 0 saturated carbocycles. The van der Waals surface area contributed by atoms with Crippen LogP contribution in [0.4, 0.5) is 5.69 Å². The molecule has 0 radical (unpaired) electrons. The maximum absolute atomic E-state index is 12.1. The van der Waals surface area contributed by atoms with Gasteiger partial charge in [0.2, 0.25) is 0 Å². The van der Waals surface area contributed by atoms with Crippen LogP contribution in [-0.2, 0) is 6.54 Å². The average Bonchev–Trinajstić information content (AvgIpc) is 3.22. The van der Waals surface area contributed by atoms with Crippen LogP contribution in [0.5, 0.6) is 0 Å². The first kappa shape index (κ1) is 22.5. The molecule has 0 saturated heterocycles. The second-order valence-corrected chi connectivity index (χ2v) is 7.41. The maximum atomic E-state index is 12.1. The van der Waals surface area contributed by atoms with Gasteiger partial charge in [-0.3, -0.25) is 14.7 Å². The molecule has 0 aliphatic heterocycles. The zero-order valence-corrected chi connectivity index (χ0v) is 18.0. The summed E-state index contributed by atoms with van der Waals surface area (Å²) in [5.74, 6) is 0.773. The number of hydrogen-bond acceptors (Lipinski definition) is 4. The first-order chi connectivity index (χ1) is 13.9. The number of anilines is 1. The third kappa shape index (κ3) is 7.27. The number of carbonyl (C=O) groups is 1. The molecule has 1 heterocycles. The van der Waals surface area contributed by atoms with E-state index in [0.29, 0.717) is 18.6 Å². The third-order valence-corrected chi connectivity index (χ3v) is 4.60. The Balaban J connectivity index is 1.84. The van der Waals surface area contributed by atoms with E-state index >= 15 is 0 Å². The molecule has 0 bridgehead atoms. The number of amides is 1.